The van der Waals surface area contributed by atoms with Crippen LogP contribution >= 0.6 is 0 Å². The lowest BCUT2D eigenvalue weighted by Crippen LogP contribution is -2.57. The van der Waals surface area contributed by atoms with Gasteiger partial charge in [0, 0.05) is 17.8 Å². The Hall–Kier alpha value is -4.06. The van der Waals surface area contributed by atoms with E-state index in [9.17, 15) is 18.0 Å². The summed E-state index contributed by atoms with van der Waals surface area (Å²) in [6.45, 7) is 1.84. The highest BCUT2D eigenvalue weighted by molar-refractivity contribution is 8.04. The summed E-state index contributed by atoms with van der Waals surface area (Å²) in [5.41, 5.74) is 5.18. The molecule has 0 aliphatic carbocycles. The van der Waals surface area contributed by atoms with Gasteiger partial charge in [-0.15, -0.1) is 0 Å². The maximum Gasteiger partial charge on any atom is 0.346 e. The number of hydrogen-bond acceptors (Lipinski definition) is 9. The van der Waals surface area contributed by atoms with Crippen LogP contribution in [0.15, 0.2) is 73.1 Å². The average Bonchev–Trinajstić information content (AvgIpc) is 2.83. The standard InChI is InChI=1S/C23H19N5O5S/c1-14-7-5-11-26-18(14)17-13-15-8-6-12-27-19(15)20(28-17)33-21(29)23(24,22(30)34(25,31)32)16-9-3-2-4-10-16/h2-13H,24H2,1H3,(H2,25,31,32). The molecule has 0 saturated heterocycles. The Morgan fingerprint density at radius 2 is 1.65 bits per heavy atom. The summed E-state index contributed by atoms with van der Waals surface area (Å²) in [6, 6.07) is 16.0. The minimum atomic E-state index is -4.86. The van der Waals surface area contributed by atoms with Gasteiger partial charge in [-0.1, -0.05) is 42.5 Å². The lowest BCUT2D eigenvalue weighted by Gasteiger charge is -2.24. The van der Waals surface area contributed by atoms with E-state index in [1.54, 1.807) is 36.5 Å². The minimum absolute atomic E-state index is 0.118. The van der Waals surface area contributed by atoms with Crippen molar-refractivity contribution in [3.05, 3.63) is 84.2 Å². The molecule has 4 aromatic rings. The molecule has 1 unspecified atom stereocenters. The first-order chi connectivity index (χ1) is 16.1. The molecule has 10 nitrogen and oxygen atoms in total. The number of rotatable bonds is 5. The van der Waals surface area contributed by atoms with Gasteiger partial charge >= 0.3 is 5.97 Å². The molecule has 1 aromatic carbocycles. The lowest BCUT2D eigenvalue weighted by molar-refractivity contribution is -0.144. The molecule has 0 radical (unpaired) electrons. The first-order valence-electron chi connectivity index (χ1n) is 9.94. The number of sulfonamides is 1. The number of ether oxygens (including phenoxy) is 1. The molecule has 4 rings (SSSR count). The van der Waals surface area contributed by atoms with Crippen LogP contribution < -0.4 is 15.6 Å². The van der Waals surface area contributed by atoms with Crippen LogP contribution in [0, 0.1) is 6.92 Å². The van der Waals surface area contributed by atoms with Crippen molar-refractivity contribution in [3.8, 4) is 17.3 Å². The monoisotopic (exact) mass is 477 g/mol. The number of benzene rings is 1. The van der Waals surface area contributed by atoms with Crippen LogP contribution in [0.3, 0.4) is 0 Å². The molecule has 0 aliphatic rings. The van der Waals surface area contributed by atoms with Gasteiger partial charge in [-0.05, 0) is 36.2 Å². The molecule has 0 amide bonds. The fourth-order valence-corrected chi connectivity index (χ4v) is 4.06. The maximum absolute atomic E-state index is 13.3. The van der Waals surface area contributed by atoms with Gasteiger partial charge in [0.15, 0.2) is 0 Å². The number of carbonyl (C=O) groups excluding carboxylic acids is 2. The van der Waals surface area contributed by atoms with Crippen molar-refractivity contribution < 1.29 is 22.7 Å². The van der Waals surface area contributed by atoms with Gasteiger partial charge in [0.25, 0.3) is 15.1 Å². The minimum Gasteiger partial charge on any atom is -0.403 e. The van der Waals surface area contributed by atoms with E-state index in [1.807, 2.05) is 13.0 Å². The van der Waals surface area contributed by atoms with Crippen molar-refractivity contribution in [2.75, 3.05) is 0 Å². The quantitative estimate of drug-likeness (QED) is 0.320. The zero-order chi connectivity index (χ0) is 24.5. The zero-order valence-corrected chi connectivity index (χ0v) is 18.7. The Bertz CT molecular complexity index is 1530. The van der Waals surface area contributed by atoms with Gasteiger partial charge in [0.05, 0.1) is 11.4 Å². The van der Waals surface area contributed by atoms with E-state index in [0.29, 0.717) is 16.8 Å². The fraction of sp³-hybridized carbons (Fsp3) is 0.0870. The van der Waals surface area contributed by atoms with E-state index in [2.05, 4.69) is 15.0 Å². The van der Waals surface area contributed by atoms with E-state index in [0.717, 1.165) is 5.56 Å². The maximum atomic E-state index is 13.3. The molecule has 4 N–H and O–H groups in total. The Kier molecular flexibility index (Phi) is 5.92. The smallest absolute Gasteiger partial charge is 0.346 e. The number of esters is 1. The molecular weight excluding hydrogens is 458 g/mol. The molecule has 3 aromatic heterocycles. The highest BCUT2D eigenvalue weighted by Crippen LogP contribution is 2.30. The average molecular weight is 478 g/mol. The van der Waals surface area contributed by atoms with E-state index >= 15 is 0 Å². The van der Waals surface area contributed by atoms with Gasteiger partial charge in [-0.25, -0.2) is 23.3 Å². The van der Waals surface area contributed by atoms with Crippen LogP contribution in [0.25, 0.3) is 22.3 Å². The third-order valence-corrected chi connectivity index (χ3v) is 5.97. The second-order valence-electron chi connectivity index (χ2n) is 7.45. The van der Waals surface area contributed by atoms with Crippen molar-refractivity contribution in [2.45, 2.75) is 12.5 Å². The van der Waals surface area contributed by atoms with E-state index in [4.69, 9.17) is 15.6 Å². The van der Waals surface area contributed by atoms with Crippen molar-refractivity contribution in [3.63, 3.8) is 0 Å². The number of primary sulfonamides is 1. The second kappa shape index (κ2) is 8.71. The molecule has 172 valence electrons. The number of nitrogens with two attached hydrogens (primary N) is 2. The molecule has 0 saturated carbocycles. The molecular formula is C23H19N5O5S. The van der Waals surface area contributed by atoms with Crippen LogP contribution in [0.5, 0.6) is 5.88 Å². The summed E-state index contributed by atoms with van der Waals surface area (Å²) >= 11 is 0. The normalized spacial score (nSPS) is 13.3. The van der Waals surface area contributed by atoms with Gasteiger partial charge in [-0.3, -0.25) is 14.8 Å². The Balaban J connectivity index is 1.87. The van der Waals surface area contributed by atoms with E-state index in [-0.39, 0.29) is 17.0 Å². The number of fused-ring (bicyclic) bond motifs is 1. The summed E-state index contributed by atoms with van der Waals surface area (Å²) in [6.07, 6.45) is 3.06. The van der Waals surface area contributed by atoms with E-state index in [1.165, 1.54) is 30.5 Å². The molecule has 0 spiro atoms. The molecule has 34 heavy (non-hydrogen) atoms. The molecule has 0 fully saturated rings. The number of carbonyl (C=O) groups is 2. The number of aryl methyl sites for hydroxylation is 1. The summed E-state index contributed by atoms with van der Waals surface area (Å²) < 4.78 is 29.3. The highest BCUT2D eigenvalue weighted by Gasteiger charge is 2.51. The number of pyridine rings is 3. The number of nitrogens with zero attached hydrogens (tertiary/aromatic N) is 3. The van der Waals surface area contributed by atoms with Crippen molar-refractivity contribution >= 4 is 32.0 Å². The Morgan fingerprint density at radius 3 is 2.32 bits per heavy atom. The Morgan fingerprint density at radius 1 is 0.971 bits per heavy atom. The van der Waals surface area contributed by atoms with Gasteiger partial charge in [0.2, 0.25) is 11.4 Å². The highest BCUT2D eigenvalue weighted by atomic mass is 32.2. The predicted molar refractivity (Wildman–Crippen MR) is 124 cm³/mol. The first-order valence-corrected chi connectivity index (χ1v) is 11.5. The van der Waals surface area contributed by atoms with Crippen molar-refractivity contribution in [2.24, 2.45) is 10.9 Å². The SMILES string of the molecule is Cc1cccnc1-c1cc2cccnc2c(OC(=O)C(N)(C(=O)S(N)(=O)=O)c2ccccc2)n1. The second-order valence-corrected chi connectivity index (χ2v) is 8.91. The van der Waals surface area contributed by atoms with Crippen LogP contribution in [0.4, 0.5) is 0 Å². The number of aromatic nitrogens is 3. The molecule has 0 bridgehead atoms. The van der Waals surface area contributed by atoms with Gasteiger partial charge in [0.1, 0.15) is 5.52 Å². The summed E-state index contributed by atoms with van der Waals surface area (Å²) in [5, 5.41) is 3.89. The largest absolute Gasteiger partial charge is 0.403 e. The summed E-state index contributed by atoms with van der Waals surface area (Å²) in [7, 11) is -4.86. The van der Waals surface area contributed by atoms with Crippen LogP contribution in [-0.2, 0) is 25.2 Å². The molecule has 1 atom stereocenters. The fourth-order valence-electron chi connectivity index (χ4n) is 3.41. The molecule has 0 aliphatic heterocycles. The summed E-state index contributed by atoms with van der Waals surface area (Å²) in [4.78, 5) is 39.0. The van der Waals surface area contributed by atoms with Crippen LogP contribution in [0.1, 0.15) is 11.1 Å². The van der Waals surface area contributed by atoms with Crippen molar-refractivity contribution in [1.82, 2.24) is 15.0 Å². The third-order valence-electron chi connectivity index (χ3n) is 5.13. The van der Waals surface area contributed by atoms with Crippen LogP contribution in [0.2, 0.25) is 0 Å². The molecule has 11 heteroatoms. The van der Waals surface area contributed by atoms with Crippen LogP contribution in [-0.4, -0.2) is 34.5 Å². The predicted octanol–water partition coefficient (Wildman–Crippen LogP) is 1.57. The topological polar surface area (TPSA) is 168 Å². The van der Waals surface area contributed by atoms with Gasteiger partial charge < -0.3 is 10.5 Å². The third kappa shape index (κ3) is 4.15. The first kappa shape index (κ1) is 23.1. The van der Waals surface area contributed by atoms with Gasteiger partial charge in [-0.2, -0.15) is 0 Å². The zero-order valence-electron chi connectivity index (χ0n) is 17.9. The summed E-state index contributed by atoms with van der Waals surface area (Å²) in [5.74, 6) is -1.65. The lowest BCUT2D eigenvalue weighted by atomic mass is 9.92. The van der Waals surface area contributed by atoms with E-state index < -0.39 is 26.6 Å². The number of hydrogen-bond donors (Lipinski definition) is 2. The Labute approximate surface area is 194 Å². The van der Waals surface area contributed by atoms with Crippen molar-refractivity contribution in [1.29, 1.82) is 0 Å². The molecule has 3 heterocycles.